The van der Waals surface area contributed by atoms with Crippen molar-refractivity contribution in [1.82, 2.24) is 4.90 Å². The highest BCUT2D eigenvalue weighted by atomic mass is 16.5. The minimum absolute atomic E-state index is 0.261. The van der Waals surface area contributed by atoms with Crippen molar-refractivity contribution in [2.24, 2.45) is 5.92 Å². The second kappa shape index (κ2) is 13.0. The Morgan fingerprint density at radius 3 is 2.29 bits per heavy atom. The molecule has 6 heteroatoms. The number of unbranched alkanes of at least 4 members (excludes halogenated alkanes) is 1. The first kappa shape index (κ1) is 29.0. The number of aliphatic hydroxyl groups excluding tert-OH is 1. The monoisotopic (exact) mass is 557 g/mol. The van der Waals surface area contributed by atoms with Crippen molar-refractivity contribution in [3.63, 3.8) is 0 Å². The van der Waals surface area contributed by atoms with Crippen molar-refractivity contribution < 1.29 is 24.1 Å². The molecule has 1 aliphatic rings. The fraction of sp³-hybridized carbons (Fsp3) is 0.429. The molecule has 0 heterocycles. The zero-order valence-electron chi connectivity index (χ0n) is 25.0. The predicted octanol–water partition coefficient (Wildman–Crippen LogP) is 6.97. The van der Waals surface area contributed by atoms with Gasteiger partial charge in [0.1, 0.15) is 11.5 Å². The van der Waals surface area contributed by atoms with Crippen LogP contribution in [0.2, 0.25) is 0 Å². The molecule has 41 heavy (non-hydrogen) atoms. The molecule has 4 aromatic carbocycles. The normalized spacial score (nSPS) is 16.7. The van der Waals surface area contributed by atoms with Crippen LogP contribution in [-0.2, 0) is 12.8 Å². The molecular formula is C35H43NO5. The van der Waals surface area contributed by atoms with Gasteiger partial charge in [0.25, 0.3) is 0 Å². The van der Waals surface area contributed by atoms with Gasteiger partial charge in [0.05, 0.1) is 39.9 Å². The number of hydrogen-bond acceptors (Lipinski definition) is 6. The van der Waals surface area contributed by atoms with Gasteiger partial charge < -0.3 is 29.0 Å². The summed E-state index contributed by atoms with van der Waals surface area (Å²) in [7, 11) is 8.94. The van der Waals surface area contributed by atoms with Gasteiger partial charge >= 0.3 is 0 Å². The maximum Gasteiger partial charge on any atom is 0.160 e. The number of aryl methyl sites for hydroxylation is 2. The Hall–Kier alpha value is -3.48. The quantitative estimate of drug-likeness (QED) is 0.150. The molecule has 1 N–H and O–H groups in total. The summed E-state index contributed by atoms with van der Waals surface area (Å²) in [6.45, 7) is 2.03. The number of benzene rings is 4. The van der Waals surface area contributed by atoms with Gasteiger partial charge in [-0.05, 0) is 122 Å². The minimum atomic E-state index is -0.450. The standard InChI is InChI=1S/C35H43NO5/c1-36(19-7-6-9-23-12-17-30(38-2)32(21-23)40-4)20-18-24-13-14-26-28(35(24)37)16-15-25-27-10-8-11-31(39-3)34(27)33(41-5)22-29(25)26/h8,10-12,15-17,21-22,24,35,37H,6-7,9,13-14,18-20H2,1-5H3. The zero-order valence-corrected chi connectivity index (χ0v) is 25.0. The van der Waals surface area contributed by atoms with Crippen LogP contribution in [0.25, 0.3) is 21.5 Å². The molecule has 0 amide bonds. The van der Waals surface area contributed by atoms with Crippen molar-refractivity contribution in [2.75, 3.05) is 48.6 Å². The number of rotatable bonds is 12. The lowest BCUT2D eigenvalue weighted by molar-refractivity contribution is 0.0825. The zero-order chi connectivity index (χ0) is 28.9. The number of nitrogens with zero attached hydrogens (tertiary/aromatic N) is 1. The van der Waals surface area contributed by atoms with Crippen molar-refractivity contribution in [3.05, 3.63) is 71.3 Å². The van der Waals surface area contributed by atoms with Crippen LogP contribution in [0.1, 0.15) is 48.5 Å². The van der Waals surface area contributed by atoms with Gasteiger partial charge in [-0.2, -0.15) is 0 Å². The fourth-order valence-corrected chi connectivity index (χ4v) is 6.47. The van der Waals surface area contributed by atoms with Gasteiger partial charge in [0.2, 0.25) is 0 Å². The second-order valence-electron chi connectivity index (χ2n) is 11.2. The summed E-state index contributed by atoms with van der Waals surface area (Å²) in [5, 5.41) is 15.9. The first-order chi connectivity index (χ1) is 20.0. The van der Waals surface area contributed by atoms with Crippen LogP contribution in [-0.4, -0.2) is 58.6 Å². The molecule has 5 rings (SSSR count). The molecular weight excluding hydrogens is 514 g/mol. The van der Waals surface area contributed by atoms with E-state index in [1.54, 1.807) is 28.4 Å². The molecule has 0 aliphatic heterocycles. The van der Waals surface area contributed by atoms with E-state index in [1.165, 1.54) is 21.9 Å². The van der Waals surface area contributed by atoms with Crippen LogP contribution in [0.15, 0.2) is 54.6 Å². The lowest BCUT2D eigenvalue weighted by Gasteiger charge is -2.32. The average molecular weight is 558 g/mol. The second-order valence-corrected chi connectivity index (χ2v) is 11.2. The van der Waals surface area contributed by atoms with Crippen LogP contribution in [0.4, 0.5) is 0 Å². The summed E-state index contributed by atoms with van der Waals surface area (Å²) in [5.41, 5.74) is 3.58. The number of hydrogen-bond donors (Lipinski definition) is 1. The predicted molar refractivity (Wildman–Crippen MR) is 166 cm³/mol. The molecule has 1 aliphatic carbocycles. The summed E-state index contributed by atoms with van der Waals surface area (Å²) >= 11 is 0. The highest BCUT2D eigenvalue weighted by Gasteiger charge is 2.29. The van der Waals surface area contributed by atoms with E-state index < -0.39 is 6.10 Å². The van der Waals surface area contributed by atoms with Gasteiger partial charge in [-0.1, -0.05) is 30.3 Å². The molecule has 0 aromatic heterocycles. The Balaban J connectivity index is 1.20. The molecule has 0 saturated carbocycles. The lowest BCUT2D eigenvalue weighted by atomic mass is 9.77. The van der Waals surface area contributed by atoms with Gasteiger partial charge in [0.15, 0.2) is 11.5 Å². The molecule has 6 nitrogen and oxygen atoms in total. The van der Waals surface area contributed by atoms with E-state index in [0.29, 0.717) is 0 Å². The van der Waals surface area contributed by atoms with Gasteiger partial charge in [-0.3, -0.25) is 0 Å². The third-order valence-corrected chi connectivity index (χ3v) is 8.79. The van der Waals surface area contributed by atoms with E-state index in [1.807, 2.05) is 18.2 Å². The summed E-state index contributed by atoms with van der Waals surface area (Å²) in [4.78, 5) is 2.40. The summed E-state index contributed by atoms with van der Waals surface area (Å²) in [5.74, 6) is 3.43. The van der Waals surface area contributed by atoms with Gasteiger partial charge in [0, 0.05) is 0 Å². The smallest absolute Gasteiger partial charge is 0.160 e. The van der Waals surface area contributed by atoms with E-state index in [2.05, 4.69) is 48.3 Å². The minimum Gasteiger partial charge on any atom is -0.496 e. The Morgan fingerprint density at radius 1 is 0.756 bits per heavy atom. The average Bonchev–Trinajstić information content (AvgIpc) is 3.01. The topological polar surface area (TPSA) is 60.4 Å². The van der Waals surface area contributed by atoms with Crippen molar-refractivity contribution in [2.45, 2.75) is 44.6 Å². The van der Waals surface area contributed by atoms with Crippen LogP contribution >= 0.6 is 0 Å². The molecule has 2 unspecified atom stereocenters. The van der Waals surface area contributed by atoms with E-state index in [-0.39, 0.29) is 5.92 Å². The molecule has 0 radical (unpaired) electrons. The highest BCUT2D eigenvalue weighted by molar-refractivity contribution is 6.13. The molecule has 4 aromatic rings. The molecule has 218 valence electrons. The van der Waals surface area contributed by atoms with E-state index in [0.717, 1.165) is 90.9 Å². The Morgan fingerprint density at radius 2 is 1.54 bits per heavy atom. The SMILES string of the molecule is COc1ccc(CCCCN(C)CCC2CCc3c(ccc4c3cc(OC)c3c(OC)cccc34)C2O)cc1OC. The van der Waals surface area contributed by atoms with Crippen LogP contribution in [0.5, 0.6) is 23.0 Å². The molecule has 0 spiro atoms. The first-order valence-electron chi connectivity index (χ1n) is 14.7. The number of fused-ring (bicyclic) bond motifs is 5. The summed E-state index contributed by atoms with van der Waals surface area (Å²) < 4.78 is 22.2. The van der Waals surface area contributed by atoms with Crippen molar-refractivity contribution in [3.8, 4) is 23.0 Å². The third kappa shape index (κ3) is 5.95. The maximum absolute atomic E-state index is 11.4. The third-order valence-electron chi connectivity index (χ3n) is 8.79. The van der Waals surface area contributed by atoms with E-state index >= 15 is 0 Å². The molecule has 2 atom stereocenters. The summed E-state index contributed by atoms with van der Waals surface area (Å²) in [6.07, 6.45) is 5.76. The number of ether oxygens (including phenoxy) is 4. The fourth-order valence-electron chi connectivity index (χ4n) is 6.47. The van der Waals surface area contributed by atoms with Crippen LogP contribution in [0, 0.1) is 5.92 Å². The van der Waals surface area contributed by atoms with E-state index in [9.17, 15) is 5.11 Å². The van der Waals surface area contributed by atoms with Gasteiger partial charge in [-0.15, -0.1) is 0 Å². The molecule has 0 saturated heterocycles. The molecule has 0 bridgehead atoms. The van der Waals surface area contributed by atoms with Crippen molar-refractivity contribution in [1.29, 1.82) is 0 Å². The number of methoxy groups -OCH3 is 4. The Labute approximate surface area is 243 Å². The summed E-state index contributed by atoms with van der Waals surface area (Å²) in [6, 6.07) is 18.7. The Bertz CT molecular complexity index is 1500. The van der Waals surface area contributed by atoms with Crippen LogP contribution < -0.4 is 18.9 Å². The van der Waals surface area contributed by atoms with Crippen LogP contribution in [0.3, 0.4) is 0 Å². The largest absolute Gasteiger partial charge is 0.496 e. The van der Waals surface area contributed by atoms with E-state index in [4.69, 9.17) is 18.9 Å². The van der Waals surface area contributed by atoms with Gasteiger partial charge in [-0.25, -0.2) is 0 Å². The molecule has 0 fully saturated rings. The number of aliphatic hydroxyl groups is 1. The maximum atomic E-state index is 11.4. The Kier molecular flexibility index (Phi) is 9.21. The lowest BCUT2D eigenvalue weighted by Crippen LogP contribution is -2.27. The first-order valence-corrected chi connectivity index (χ1v) is 14.7. The highest BCUT2D eigenvalue weighted by Crippen LogP contribution is 2.45. The van der Waals surface area contributed by atoms with Crippen molar-refractivity contribution >= 4 is 21.5 Å².